The van der Waals surface area contributed by atoms with Crippen LogP contribution in [0.3, 0.4) is 0 Å². The van der Waals surface area contributed by atoms with Gasteiger partial charge < -0.3 is 10.4 Å². The van der Waals surface area contributed by atoms with Crippen LogP contribution < -0.4 is 29.0 Å². The molecule has 0 spiro atoms. The molecule has 1 heterocycles. The summed E-state index contributed by atoms with van der Waals surface area (Å²) in [6.07, 6.45) is 6.79. The summed E-state index contributed by atoms with van der Waals surface area (Å²) < 4.78 is 0. The van der Waals surface area contributed by atoms with Gasteiger partial charge in [-0.15, -0.1) is 11.4 Å². The number of nitrogens with zero attached hydrogens (tertiary/aromatic N) is 2. The summed E-state index contributed by atoms with van der Waals surface area (Å²) in [4.78, 5) is 7.31. The van der Waals surface area contributed by atoms with Crippen molar-refractivity contribution in [2.45, 2.75) is 99.8 Å². The smallest absolute Gasteiger partial charge is 0.872 e. The molecule has 0 bridgehead atoms. The van der Waals surface area contributed by atoms with Crippen molar-refractivity contribution in [1.29, 1.82) is 0 Å². The molecule has 4 rings (SSSR count). The van der Waals surface area contributed by atoms with Gasteiger partial charge in [0, 0.05) is 30.4 Å². The predicted molar refractivity (Wildman–Crippen MR) is 200 cm³/mol. The van der Waals surface area contributed by atoms with Crippen LogP contribution in [0, 0.1) is 13.0 Å². The molecular formula is C43H55LiN3NiO+. The fourth-order valence-corrected chi connectivity index (χ4v) is 5.03. The van der Waals surface area contributed by atoms with Crippen molar-refractivity contribution in [2.24, 2.45) is 0 Å². The SMILES string of the molecule is CC(/C=C([O-])/C=C(/C)[N-]c1c(C(C)C)cccc1C(C)C)=[NH+]c1c(C(C)C)cccc1C(C)C.Cc1[c-]cccc1.[Li+].[Ni+2].c1ccncc1. The summed E-state index contributed by atoms with van der Waals surface area (Å²) in [6, 6.07) is 29.5. The number of nitrogens with one attached hydrogen (secondary N) is 1. The van der Waals surface area contributed by atoms with Crippen molar-refractivity contribution in [3.05, 3.63) is 154 Å². The Labute approximate surface area is 319 Å². The Morgan fingerprint density at radius 2 is 1.18 bits per heavy atom. The maximum absolute atomic E-state index is 12.9. The summed E-state index contributed by atoms with van der Waals surface area (Å²) >= 11 is 0. The van der Waals surface area contributed by atoms with E-state index in [1.807, 2.05) is 63.2 Å². The van der Waals surface area contributed by atoms with Crippen molar-refractivity contribution >= 4 is 17.1 Å². The number of benzene rings is 3. The Hall–Kier alpha value is -3.35. The molecule has 0 atom stereocenters. The van der Waals surface area contributed by atoms with Gasteiger partial charge in [-0.25, -0.2) is 4.99 Å². The van der Waals surface area contributed by atoms with Gasteiger partial charge in [0.2, 0.25) is 5.69 Å². The third-order valence-corrected chi connectivity index (χ3v) is 7.47. The second-order valence-corrected chi connectivity index (χ2v) is 13.0. The Bertz CT molecular complexity index is 1520. The van der Waals surface area contributed by atoms with Crippen LogP contribution in [0.4, 0.5) is 11.4 Å². The van der Waals surface area contributed by atoms with Crippen molar-refractivity contribution in [1.82, 2.24) is 4.98 Å². The molecule has 258 valence electrons. The fourth-order valence-electron chi connectivity index (χ4n) is 5.03. The molecule has 0 saturated carbocycles. The molecule has 0 amide bonds. The molecule has 0 saturated heterocycles. The third-order valence-electron chi connectivity index (χ3n) is 7.47. The zero-order valence-corrected chi connectivity index (χ0v) is 32.7. The molecule has 4 aromatic rings. The summed E-state index contributed by atoms with van der Waals surface area (Å²) in [7, 11) is 0. The Morgan fingerprint density at radius 3 is 1.53 bits per heavy atom. The number of para-hydroxylation sites is 2. The Balaban J connectivity index is 0.00000127. The van der Waals surface area contributed by atoms with E-state index >= 15 is 0 Å². The summed E-state index contributed by atoms with van der Waals surface area (Å²) in [5, 5.41) is 17.8. The van der Waals surface area contributed by atoms with Crippen molar-refractivity contribution in [3.8, 4) is 0 Å². The van der Waals surface area contributed by atoms with E-state index in [0.717, 1.165) is 22.8 Å². The largest absolute Gasteiger partial charge is 2.00 e. The van der Waals surface area contributed by atoms with Crippen LogP contribution >= 0.6 is 0 Å². The second kappa shape index (κ2) is 23.9. The van der Waals surface area contributed by atoms with Gasteiger partial charge in [-0.3, -0.25) is 4.98 Å². The average molecular weight is 696 g/mol. The first-order valence-corrected chi connectivity index (χ1v) is 16.7. The van der Waals surface area contributed by atoms with Crippen LogP contribution in [0.5, 0.6) is 0 Å². The van der Waals surface area contributed by atoms with Crippen LogP contribution in [0.25, 0.3) is 5.32 Å². The standard InChI is InChI=1S/C31H43N2O.C7H7.C5H5N.Li.Ni/c1-19(2)26-13-11-14-27(20(3)4)30(26)32-23(9)17-25(34)18-24(10)33-31-28(21(5)6)15-12-16-29(31)22(7)8;1-7-5-3-2-4-6-7;1-2-4-6-5-3-1;;/h11-22H,1-10H3,(H-,32,33,34);2-5H,1H3;1-5H;;/q2*-1;;+1;+2. The van der Waals surface area contributed by atoms with Crippen LogP contribution in [0.1, 0.15) is 121 Å². The van der Waals surface area contributed by atoms with Gasteiger partial charge >= 0.3 is 35.4 Å². The van der Waals surface area contributed by atoms with E-state index in [4.69, 9.17) is 5.32 Å². The number of hydrogen-bond donors (Lipinski definition) is 1. The van der Waals surface area contributed by atoms with E-state index in [2.05, 4.69) is 108 Å². The molecule has 0 fully saturated rings. The van der Waals surface area contributed by atoms with E-state index in [1.165, 1.54) is 27.8 Å². The van der Waals surface area contributed by atoms with Crippen molar-refractivity contribution in [2.75, 3.05) is 0 Å². The average Bonchev–Trinajstić information content (AvgIpc) is 3.02. The number of hydrogen-bond acceptors (Lipinski definition) is 2. The van der Waals surface area contributed by atoms with E-state index < -0.39 is 0 Å². The quantitative estimate of drug-likeness (QED) is 0.0669. The number of pyridine rings is 1. The van der Waals surface area contributed by atoms with Crippen LogP contribution in [-0.2, 0) is 16.5 Å². The fraction of sp³-hybridized carbons (Fsp3) is 0.349. The van der Waals surface area contributed by atoms with Gasteiger partial charge in [0.15, 0.2) is 5.71 Å². The van der Waals surface area contributed by atoms with Gasteiger partial charge in [-0.2, -0.15) is 41.6 Å². The molecule has 0 aliphatic carbocycles. The molecule has 0 unspecified atom stereocenters. The van der Waals surface area contributed by atoms with E-state index in [1.54, 1.807) is 24.5 Å². The topological polar surface area (TPSA) is 64.0 Å². The Kier molecular flexibility index (Phi) is 22.3. The van der Waals surface area contributed by atoms with E-state index in [9.17, 15) is 5.11 Å². The Morgan fingerprint density at radius 1 is 0.694 bits per heavy atom. The van der Waals surface area contributed by atoms with Gasteiger partial charge in [-0.05, 0) is 41.9 Å². The first kappa shape index (κ1) is 45.7. The molecule has 6 heteroatoms. The van der Waals surface area contributed by atoms with Gasteiger partial charge in [0.05, 0.1) is 0 Å². The second-order valence-electron chi connectivity index (χ2n) is 13.0. The minimum absolute atomic E-state index is 0. The number of aromatic nitrogens is 1. The monoisotopic (exact) mass is 694 g/mol. The molecule has 4 nitrogen and oxygen atoms in total. The number of allylic oxidation sites excluding steroid dienone is 3. The van der Waals surface area contributed by atoms with Crippen LogP contribution in [0.15, 0.2) is 115 Å². The minimum Gasteiger partial charge on any atom is -0.872 e. The van der Waals surface area contributed by atoms with E-state index in [-0.39, 0.29) is 41.1 Å². The van der Waals surface area contributed by atoms with Crippen LogP contribution in [-0.4, -0.2) is 10.7 Å². The first-order valence-electron chi connectivity index (χ1n) is 16.7. The minimum atomic E-state index is -0.0625. The van der Waals surface area contributed by atoms with Crippen molar-refractivity contribution < 1.29 is 45.5 Å². The van der Waals surface area contributed by atoms with Gasteiger partial charge in [0.25, 0.3) is 0 Å². The summed E-state index contributed by atoms with van der Waals surface area (Å²) in [5.41, 5.74) is 9.82. The summed E-state index contributed by atoms with van der Waals surface area (Å²) in [6.45, 7) is 23.4. The molecule has 3 aromatic carbocycles. The maximum Gasteiger partial charge on any atom is 2.00 e. The van der Waals surface area contributed by atoms with E-state index in [0.29, 0.717) is 23.7 Å². The number of rotatable bonds is 9. The van der Waals surface area contributed by atoms with Gasteiger partial charge in [0.1, 0.15) is 0 Å². The molecule has 49 heavy (non-hydrogen) atoms. The molecule has 0 radical (unpaired) electrons. The summed E-state index contributed by atoms with van der Waals surface area (Å²) in [5.74, 6) is 1.45. The normalized spacial score (nSPS) is 11.6. The molecule has 1 aromatic heterocycles. The van der Waals surface area contributed by atoms with Gasteiger partial charge in [-0.1, -0.05) is 129 Å². The van der Waals surface area contributed by atoms with Crippen molar-refractivity contribution in [3.63, 3.8) is 0 Å². The first-order chi connectivity index (χ1) is 22.3. The van der Waals surface area contributed by atoms with Crippen LogP contribution in [0.2, 0.25) is 0 Å². The molecular weight excluding hydrogens is 640 g/mol. The zero-order valence-electron chi connectivity index (χ0n) is 31.7. The molecule has 0 aliphatic rings. The zero-order chi connectivity index (χ0) is 34.9. The molecule has 0 aliphatic heterocycles. The number of aryl methyl sites for hydroxylation is 1. The maximum atomic E-state index is 12.9. The third kappa shape index (κ3) is 16.3. The molecule has 1 N–H and O–H groups in total. The predicted octanol–water partition coefficient (Wildman–Crippen LogP) is 7.08.